The summed E-state index contributed by atoms with van der Waals surface area (Å²) in [6.45, 7) is 0. The van der Waals surface area contributed by atoms with Gasteiger partial charge in [0.05, 0.1) is 11.6 Å². The van der Waals surface area contributed by atoms with Crippen molar-refractivity contribution < 1.29 is 0 Å². The van der Waals surface area contributed by atoms with E-state index in [2.05, 4.69) is 56.7 Å². The molecule has 1 atom stereocenters. The molecule has 0 aliphatic heterocycles. The van der Waals surface area contributed by atoms with Crippen LogP contribution in [0.4, 0.5) is 0 Å². The topological polar surface area (TPSA) is 50.9 Å². The molecule has 1 heterocycles. The molecule has 0 amide bonds. The van der Waals surface area contributed by atoms with Gasteiger partial charge in [0.15, 0.2) is 0 Å². The number of fused-ring (bicyclic) bond motifs is 1. The zero-order valence-corrected chi connectivity index (χ0v) is 12.3. The average Bonchev–Trinajstić information content (AvgIpc) is 2.50. The second-order valence-electron chi connectivity index (χ2n) is 4.58. The first kappa shape index (κ1) is 13.2. The lowest BCUT2D eigenvalue weighted by Crippen LogP contribution is -2.29. The van der Waals surface area contributed by atoms with Gasteiger partial charge in [-0.3, -0.25) is 10.8 Å². The van der Waals surface area contributed by atoms with Gasteiger partial charge >= 0.3 is 0 Å². The number of hydrogen-bond donors (Lipinski definition) is 2. The van der Waals surface area contributed by atoms with E-state index in [4.69, 9.17) is 5.84 Å². The first-order chi connectivity index (χ1) is 9.79. The minimum atomic E-state index is -0.0722. The molecule has 3 aromatic rings. The van der Waals surface area contributed by atoms with E-state index < -0.39 is 0 Å². The minimum Gasteiger partial charge on any atom is -0.271 e. The fourth-order valence-electron chi connectivity index (χ4n) is 2.34. The zero-order chi connectivity index (χ0) is 13.9. The number of hydrazine groups is 1. The molecule has 0 saturated heterocycles. The average molecular weight is 328 g/mol. The van der Waals surface area contributed by atoms with Gasteiger partial charge in [-0.05, 0) is 29.3 Å². The van der Waals surface area contributed by atoms with Gasteiger partial charge in [-0.1, -0.05) is 52.3 Å². The molecule has 4 heteroatoms. The van der Waals surface area contributed by atoms with Crippen LogP contribution in [0.1, 0.15) is 17.2 Å². The molecule has 3 nitrogen and oxygen atoms in total. The van der Waals surface area contributed by atoms with E-state index in [9.17, 15) is 0 Å². The van der Waals surface area contributed by atoms with Crippen molar-refractivity contribution in [1.29, 1.82) is 0 Å². The Hall–Kier alpha value is -1.75. The fraction of sp³-hybridized carbons (Fsp3) is 0.0625. The molecule has 2 aromatic carbocycles. The monoisotopic (exact) mass is 327 g/mol. The first-order valence-corrected chi connectivity index (χ1v) is 7.14. The number of rotatable bonds is 3. The number of nitrogens with two attached hydrogens (primary N) is 1. The van der Waals surface area contributed by atoms with Crippen LogP contribution in [-0.4, -0.2) is 4.98 Å². The number of benzene rings is 2. The van der Waals surface area contributed by atoms with E-state index in [0.717, 1.165) is 26.5 Å². The molecule has 0 aliphatic carbocycles. The Kier molecular flexibility index (Phi) is 3.78. The highest BCUT2D eigenvalue weighted by atomic mass is 79.9. The number of aromatic nitrogens is 1. The van der Waals surface area contributed by atoms with E-state index in [-0.39, 0.29) is 6.04 Å². The third-order valence-corrected chi connectivity index (χ3v) is 4.07. The smallest absolute Gasteiger partial charge is 0.0721 e. The van der Waals surface area contributed by atoms with Crippen molar-refractivity contribution in [2.75, 3.05) is 0 Å². The summed E-state index contributed by atoms with van der Waals surface area (Å²) in [6, 6.07) is 18.2. The van der Waals surface area contributed by atoms with E-state index in [1.165, 1.54) is 0 Å². The predicted molar refractivity (Wildman–Crippen MR) is 85.1 cm³/mol. The van der Waals surface area contributed by atoms with Crippen LogP contribution in [-0.2, 0) is 0 Å². The Morgan fingerprint density at radius 2 is 1.90 bits per heavy atom. The van der Waals surface area contributed by atoms with E-state index in [1.54, 1.807) is 6.20 Å². The molecule has 0 saturated carbocycles. The molecule has 1 aromatic heterocycles. The van der Waals surface area contributed by atoms with Crippen LogP contribution in [0, 0.1) is 0 Å². The molecular weight excluding hydrogens is 314 g/mol. The van der Waals surface area contributed by atoms with Crippen LogP contribution in [0.15, 0.2) is 65.3 Å². The Morgan fingerprint density at radius 3 is 2.70 bits per heavy atom. The van der Waals surface area contributed by atoms with Gasteiger partial charge in [0.1, 0.15) is 0 Å². The zero-order valence-electron chi connectivity index (χ0n) is 10.8. The maximum atomic E-state index is 5.76. The summed E-state index contributed by atoms with van der Waals surface area (Å²) in [7, 11) is 0. The predicted octanol–water partition coefficient (Wildman–Crippen LogP) is 3.55. The van der Waals surface area contributed by atoms with Crippen LogP contribution in [0.3, 0.4) is 0 Å². The Morgan fingerprint density at radius 1 is 1.05 bits per heavy atom. The highest BCUT2D eigenvalue weighted by Gasteiger charge is 2.15. The Bertz CT molecular complexity index is 742. The van der Waals surface area contributed by atoms with Gasteiger partial charge in [0, 0.05) is 16.1 Å². The van der Waals surface area contributed by atoms with Crippen molar-refractivity contribution >= 4 is 26.8 Å². The van der Waals surface area contributed by atoms with Crippen molar-refractivity contribution in [3.8, 4) is 0 Å². The fourth-order valence-corrected chi connectivity index (χ4v) is 2.85. The van der Waals surface area contributed by atoms with Crippen LogP contribution in [0.5, 0.6) is 0 Å². The summed E-state index contributed by atoms with van der Waals surface area (Å²) < 4.78 is 1.03. The van der Waals surface area contributed by atoms with Gasteiger partial charge < -0.3 is 0 Å². The molecule has 0 fully saturated rings. The number of halogens is 1. The van der Waals surface area contributed by atoms with E-state index >= 15 is 0 Å². The standard InChI is InChI=1S/C16H14BrN3/c17-14-6-2-1-5-13(14)16(20-18)12-8-7-11-4-3-9-19-15(11)10-12/h1-10,16,20H,18H2. The second-order valence-corrected chi connectivity index (χ2v) is 5.43. The quantitative estimate of drug-likeness (QED) is 0.571. The van der Waals surface area contributed by atoms with Crippen molar-refractivity contribution in [3.63, 3.8) is 0 Å². The second kappa shape index (κ2) is 5.71. The molecule has 3 N–H and O–H groups in total. The maximum absolute atomic E-state index is 5.76. The maximum Gasteiger partial charge on any atom is 0.0721 e. The molecule has 20 heavy (non-hydrogen) atoms. The van der Waals surface area contributed by atoms with Crippen LogP contribution in [0.2, 0.25) is 0 Å². The van der Waals surface area contributed by atoms with Crippen LogP contribution in [0.25, 0.3) is 10.9 Å². The van der Waals surface area contributed by atoms with Crippen molar-refractivity contribution in [2.24, 2.45) is 5.84 Å². The van der Waals surface area contributed by atoms with Crippen molar-refractivity contribution in [2.45, 2.75) is 6.04 Å². The summed E-state index contributed by atoms with van der Waals surface area (Å²) in [5.41, 5.74) is 6.04. The Balaban J connectivity index is 2.10. The Labute approximate surface area is 125 Å². The van der Waals surface area contributed by atoms with Crippen LogP contribution < -0.4 is 11.3 Å². The lowest BCUT2D eigenvalue weighted by atomic mass is 9.98. The highest BCUT2D eigenvalue weighted by Crippen LogP contribution is 2.29. The number of hydrogen-bond acceptors (Lipinski definition) is 3. The highest BCUT2D eigenvalue weighted by molar-refractivity contribution is 9.10. The first-order valence-electron chi connectivity index (χ1n) is 6.35. The molecule has 3 rings (SSSR count). The summed E-state index contributed by atoms with van der Waals surface area (Å²) in [5, 5.41) is 1.12. The third-order valence-electron chi connectivity index (χ3n) is 3.35. The lowest BCUT2D eigenvalue weighted by molar-refractivity contribution is 0.635. The summed E-state index contributed by atoms with van der Waals surface area (Å²) >= 11 is 3.57. The number of nitrogens with zero attached hydrogens (tertiary/aromatic N) is 1. The van der Waals surface area contributed by atoms with Crippen molar-refractivity contribution in [1.82, 2.24) is 10.4 Å². The van der Waals surface area contributed by atoms with E-state index in [1.807, 2.05) is 24.3 Å². The van der Waals surface area contributed by atoms with Gasteiger partial charge in [0.2, 0.25) is 0 Å². The molecule has 100 valence electrons. The normalized spacial score (nSPS) is 12.5. The summed E-state index contributed by atoms with van der Waals surface area (Å²) in [4.78, 5) is 4.39. The molecular formula is C16H14BrN3. The molecule has 0 aliphatic rings. The van der Waals surface area contributed by atoms with Gasteiger partial charge in [-0.25, -0.2) is 5.43 Å². The summed E-state index contributed by atoms with van der Waals surface area (Å²) in [6.07, 6.45) is 1.80. The van der Waals surface area contributed by atoms with E-state index in [0.29, 0.717) is 0 Å². The van der Waals surface area contributed by atoms with Gasteiger partial charge in [0.25, 0.3) is 0 Å². The van der Waals surface area contributed by atoms with Crippen LogP contribution >= 0.6 is 15.9 Å². The largest absolute Gasteiger partial charge is 0.271 e. The van der Waals surface area contributed by atoms with Crippen molar-refractivity contribution in [3.05, 3.63) is 76.4 Å². The lowest BCUT2D eigenvalue weighted by Gasteiger charge is -2.18. The molecule has 0 radical (unpaired) electrons. The minimum absolute atomic E-state index is 0.0722. The molecule has 1 unspecified atom stereocenters. The van der Waals surface area contributed by atoms with Gasteiger partial charge in [-0.15, -0.1) is 0 Å². The number of pyridine rings is 1. The van der Waals surface area contributed by atoms with Gasteiger partial charge in [-0.2, -0.15) is 0 Å². The number of nitrogens with one attached hydrogen (secondary N) is 1. The third kappa shape index (κ3) is 2.45. The summed E-state index contributed by atoms with van der Waals surface area (Å²) in [5.74, 6) is 5.76. The molecule has 0 spiro atoms. The molecule has 0 bridgehead atoms. The SMILES string of the molecule is NNC(c1ccc2cccnc2c1)c1ccccc1Br.